The number of halogens is 2. The predicted octanol–water partition coefficient (Wildman–Crippen LogP) is 4.41. The van der Waals surface area contributed by atoms with Gasteiger partial charge in [0.2, 0.25) is 0 Å². The third-order valence-corrected chi connectivity index (χ3v) is 2.97. The molecule has 1 unspecified atom stereocenters. The monoisotopic (exact) mass is 287 g/mol. The van der Waals surface area contributed by atoms with Crippen molar-refractivity contribution in [3.05, 3.63) is 29.0 Å². The Kier molecular flexibility index (Phi) is 6.08. The zero-order valence-electron chi connectivity index (χ0n) is 12.1. The Labute approximate surface area is 120 Å². The zero-order chi connectivity index (χ0) is 14.5. The maximum Gasteiger partial charge on any atom is 0.183 e. The summed E-state index contributed by atoms with van der Waals surface area (Å²) >= 11 is 5.75. The van der Waals surface area contributed by atoms with Crippen LogP contribution in [0, 0.1) is 5.82 Å². The zero-order valence-corrected chi connectivity index (χ0v) is 12.9. The van der Waals surface area contributed by atoms with E-state index in [4.69, 9.17) is 16.3 Å². The summed E-state index contributed by atoms with van der Waals surface area (Å²) in [6, 6.07) is 4.83. The SMILES string of the molecule is CCCC(CNC(C)(C)C)Oc1cccc(Cl)c1F. The van der Waals surface area contributed by atoms with Crippen molar-refractivity contribution in [3.63, 3.8) is 0 Å². The summed E-state index contributed by atoms with van der Waals surface area (Å²) in [5.74, 6) is -0.261. The molecule has 108 valence electrons. The van der Waals surface area contributed by atoms with Crippen molar-refractivity contribution in [1.82, 2.24) is 5.32 Å². The topological polar surface area (TPSA) is 21.3 Å². The molecular weight excluding hydrogens is 265 g/mol. The molecule has 0 fully saturated rings. The molecular formula is C15H23ClFNO. The molecule has 0 aromatic heterocycles. The molecule has 0 aliphatic heterocycles. The van der Waals surface area contributed by atoms with E-state index in [1.165, 1.54) is 6.07 Å². The molecule has 1 atom stereocenters. The normalized spacial score (nSPS) is 13.4. The van der Waals surface area contributed by atoms with Crippen molar-refractivity contribution >= 4 is 11.6 Å². The van der Waals surface area contributed by atoms with E-state index < -0.39 is 5.82 Å². The number of hydrogen-bond donors (Lipinski definition) is 1. The molecule has 1 N–H and O–H groups in total. The first kappa shape index (κ1) is 16.3. The molecule has 1 aromatic carbocycles. The van der Waals surface area contributed by atoms with Crippen LogP contribution < -0.4 is 10.1 Å². The van der Waals surface area contributed by atoms with Gasteiger partial charge in [0.05, 0.1) is 5.02 Å². The van der Waals surface area contributed by atoms with E-state index in [2.05, 4.69) is 33.0 Å². The van der Waals surface area contributed by atoms with Gasteiger partial charge >= 0.3 is 0 Å². The number of rotatable bonds is 6. The largest absolute Gasteiger partial charge is 0.486 e. The predicted molar refractivity (Wildman–Crippen MR) is 78.5 cm³/mol. The van der Waals surface area contributed by atoms with Crippen LogP contribution in [0.15, 0.2) is 18.2 Å². The van der Waals surface area contributed by atoms with Gasteiger partial charge in [-0.3, -0.25) is 0 Å². The fraction of sp³-hybridized carbons (Fsp3) is 0.600. The van der Waals surface area contributed by atoms with Crippen LogP contribution in [0.5, 0.6) is 5.75 Å². The summed E-state index contributed by atoms with van der Waals surface area (Å²) in [5, 5.41) is 3.47. The van der Waals surface area contributed by atoms with Crippen LogP contribution in [-0.2, 0) is 0 Å². The van der Waals surface area contributed by atoms with Crippen molar-refractivity contribution in [1.29, 1.82) is 0 Å². The Morgan fingerprint density at radius 1 is 1.37 bits per heavy atom. The first-order chi connectivity index (χ1) is 8.83. The van der Waals surface area contributed by atoms with E-state index in [-0.39, 0.29) is 22.4 Å². The molecule has 19 heavy (non-hydrogen) atoms. The van der Waals surface area contributed by atoms with E-state index in [9.17, 15) is 4.39 Å². The molecule has 0 heterocycles. The highest BCUT2D eigenvalue weighted by atomic mass is 35.5. The Balaban J connectivity index is 2.70. The van der Waals surface area contributed by atoms with Gasteiger partial charge in [-0.05, 0) is 39.3 Å². The Morgan fingerprint density at radius 3 is 2.63 bits per heavy atom. The highest BCUT2D eigenvalue weighted by Crippen LogP contribution is 2.25. The van der Waals surface area contributed by atoms with Gasteiger partial charge in [0.15, 0.2) is 11.6 Å². The van der Waals surface area contributed by atoms with Crippen LogP contribution in [0.4, 0.5) is 4.39 Å². The lowest BCUT2D eigenvalue weighted by atomic mass is 10.1. The van der Waals surface area contributed by atoms with Crippen molar-refractivity contribution in [3.8, 4) is 5.75 Å². The first-order valence-electron chi connectivity index (χ1n) is 6.69. The molecule has 2 nitrogen and oxygen atoms in total. The average molecular weight is 288 g/mol. The molecule has 1 aromatic rings. The van der Waals surface area contributed by atoms with Crippen LogP contribution in [-0.4, -0.2) is 18.2 Å². The number of nitrogens with one attached hydrogen (secondary N) is 1. The molecule has 0 aliphatic carbocycles. The van der Waals surface area contributed by atoms with Crippen molar-refractivity contribution in [2.75, 3.05) is 6.54 Å². The minimum Gasteiger partial charge on any atom is -0.486 e. The van der Waals surface area contributed by atoms with Crippen LogP contribution in [0.3, 0.4) is 0 Å². The standard InChI is InChI=1S/C15H23ClFNO/c1-5-7-11(10-18-15(2,3)4)19-13-9-6-8-12(16)14(13)17/h6,8-9,11,18H,5,7,10H2,1-4H3. The molecule has 0 saturated heterocycles. The van der Waals surface area contributed by atoms with E-state index in [1.54, 1.807) is 12.1 Å². The number of hydrogen-bond acceptors (Lipinski definition) is 2. The fourth-order valence-corrected chi connectivity index (χ4v) is 1.87. The van der Waals surface area contributed by atoms with Crippen LogP contribution in [0.25, 0.3) is 0 Å². The van der Waals surface area contributed by atoms with Crippen molar-refractivity contribution < 1.29 is 9.13 Å². The molecule has 0 amide bonds. The fourth-order valence-electron chi connectivity index (χ4n) is 1.70. The highest BCUT2D eigenvalue weighted by molar-refractivity contribution is 6.30. The lowest BCUT2D eigenvalue weighted by molar-refractivity contribution is 0.168. The van der Waals surface area contributed by atoms with E-state index in [0.29, 0.717) is 6.54 Å². The summed E-state index contributed by atoms with van der Waals surface area (Å²) in [5.41, 5.74) is 0.0161. The van der Waals surface area contributed by atoms with E-state index in [1.807, 2.05) is 0 Å². The maximum atomic E-state index is 13.8. The minimum atomic E-state index is -0.485. The molecule has 0 saturated carbocycles. The third-order valence-electron chi connectivity index (χ3n) is 2.68. The second-order valence-electron chi connectivity index (χ2n) is 5.71. The quantitative estimate of drug-likeness (QED) is 0.836. The van der Waals surface area contributed by atoms with Gasteiger partial charge in [-0.2, -0.15) is 0 Å². The summed E-state index contributed by atoms with van der Waals surface area (Å²) in [6.07, 6.45) is 1.80. The van der Waals surface area contributed by atoms with Gasteiger partial charge in [0, 0.05) is 12.1 Å². The summed E-state index contributed by atoms with van der Waals surface area (Å²) < 4.78 is 19.5. The minimum absolute atomic E-state index is 0.0161. The number of benzene rings is 1. The molecule has 0 radical (unpaired) electrons. The molecule has 1 rings (SSSR count). The van der Waals surface area contributed by atoms with Crippen LogP contribution in [0.1, 0.15) is 40.5 Å². The molecule has 0 bridgehead atoms. The second-order valence-corrected chi connectivity index (χ2v) is 6.12. The van der Waals surface area contributed by atoms with Gasteiger partial charge in [0.25, 0.3) is 0 Å². The average Bonchev–Trinajstić information content (AvgIpc) is 2.31. The van der Waals surface area contributed by atoms with Crippen molar-refractivity contribution in [2.24, 2.45) is 0 Å². The van der Waals surface area contributed by atoms with E-state index in [0.717, 1.165) is 12.8 Å². The second kappa shape index (κ2) is 7.11. The first-order valence-corrected chi connectivity index (χ1v) is 7.07. The van der Waals surface area contributed by atoms with Crippen molar-refractivity contribution in [2.45, 2.75) is 52.2 Å². The van der Waals surface area contributed by atoms with Gasteiger partial charge < -0.3 is 10.1 Å². The van der Waals surface area contributed by atoms with Crippen LogP contribution >= 0.6 is 11.6 Å². The smallest absolute Gasteiger partial charge is 0.183 e. The summed E-state index contributed by atoms with van der Waals surface area (Å²) in [6.45, 7) is 9.05. The highest BCUT2D eigenvalue weighted by Gasteiger charge is 2.17. The Morgan fingerprint density at radius 2 is 2.05 bits per heavy atom. The Bertz CT molecular complexity index is 404. The van der Waals surface area contributed by atoms with Gasteiger partial charge in [-0.25, -0.2) is 4.39 Å². The molecule has 0 spiro atoms. The van der Waals surface area contributed by atoms with Crippen LogP contribution in [0.2, 0.25) is 5.02 Å². The van der Waals surface area contributed by atoms with E-state index >= 15 is 0 Å². The summed E-state index contributed by atoms with van der Waals surface area (Å²) in [4.78, 5) is 0. The molecule has 0 aliphatic rings. The van der Waals surface area contributed by atoms with Gasteiger partial charge in [0.1, 0.15) is 6.10 Å². The van der Waals surface area contributed by atoms with Gasteiger partial charge in [-0.15, -0.1) is 0 Å². The lowest BCUT2D eigenvalue weighted by Gasteiger charge is -2.26. The molecule has 4 heteroatoms. The Hall–Kier alpha value is -0.800. The van der Waals surface area contributed by atoms with Gasteiger partial charge in [-0.1, -0.05) is 31.0 Å². The lowest BCUT2D eigenvalue weighted by Crippen LogP contribution is -2.42. The third kappa shape index (κ3) is 5.79. The number of ether oxygens (including phenoxy) is 1. The maximum absolute atomic E-state index is 13.8. The summed E-state index contributed by atoms with van der Waals surface area (Å²) in [7, 11) is 0.